The van der Waals surface area contributed by atoms with Crippen molar-refractivity contribution in [2.45, 2.75) is 212 Å². The summed E-state index contributed by atoms with van der Waals surface area (Å²) in [6.07, 6.45) is 6.36. The normalized spacial score (nSPS) is 16.8. The van der Waals surface area contributed by atoms with Crippen LogP contribution >= 0.6 is 110 Å². The number of nitrogens with two attached hydrogens (primary N) is 1. The van der Waals surface area contributed by atoms with Crippen molar-refractivity contribution >= 4 is 152 Å². The van der Waals surface area contributed by atoms with Crippen molar-refractivity contribution in [2.75, 3.05) is 19.8 Å². The predicted molar refractivity (Wildman–Crippen MR) is 376 cm³/mol. The summed E-state index contributed by atoms with van der Waals surface area (Å²) >= 11 is 39.4. The topological polar surface area (TPSA) is 220 Å². The summed E-state index contributed by atoms with van der Waals surface area (Å²) in [5, 5.41) is 31.0. The number of thioether (sulfide) groups is 2. The highest BCUT2D eigenvalue weighted by Gasteiger charge is 2.37. The van der Waals surface area contributed by atoms with E-state index in [-0.39, 0.29) is 96.5 Å². The number of nitrogens with one attached hydrogen (secondary N) is 1. The number of amidine groups is 1. The molecule has 3 aromatic rings. The van der Waals surface area contributed by atoms with Crippen molar-refractivity contribution < 1.29 is 46.8 Å². The number of aryl methyl sites for hydroxylation is 1. The van der Waals surface area contributed by atoms with Gasteiger partial charge in [0.05, 0.1) is 46.4 Å². The summed E-state index contributed by atoms with van der Waals surface area (Å²) in [6, 6.07) is 10.3. The molecule has 0 saturated heterocycles. The van der Waals surface area contributed by atoms with Crippen LogP contribution in [0.4, 0.5) is 0 Å². The summed E-state index contributed by atoms with van der Waals surface area (Å²) in [4.78, 5) is 25.5. The number of halogens is 7. The molecule has 86 heavy (non-hydrogen) atoms. The molecule has 0 aliphatic carbocycles. The zero-order chi connectivity index (χ0) is 61.1. The number of hydrogen-bond donors (Lipinski definition) is 2. The van der Waals surface area contributed by atoms with Gasteiger partial charge in [0.15, 0.2) is 20.0 Å². The third kappa shape index (κ3) is 31.0. The average Bonchev–Trinajstić information content (AvgIpc) is 3.40. The molecule has 0 spiro atoms. The van der Waals surface area contributed by atoms with E-state index in [2.05, 4.69) is 25.8 Å². The third-order valence-corrected chi connectivity index (χ3v) is 16.2. The summed E-state index contributed by atoms with van der Waals surface area (Å²) < 4.78 is 40.9. The van der Waals surface area contributed by atoms with E-state index in [4.69, 9.17) is 119 Å². The molecule has 492 valence electrons. The molecule has 8 rings (SSSR count). The van der Waals surface area contributed by atoms with Gasteiger partial charge in [0.25, 0.3) is 0 Å². The fourth-order valence-corrected chi connectivity index (χ4v) is 12.0. The minimum absolute atomic E-state index is 0. The van der Waals surface area contributed by atoms with E-state index in [0.717, 1.165) is 75.8 Å². The second kappa shape index (κ2) is 39.1. The van der Waals surface area contributed by atoms with Crippen LogP contribution in [0.25, 0.3) is 0 Å². The lowest BCUT2D eigenvalue weighted by molar-refractivity contribution is 0.0120. The van der Waals surface area contributed by atoms with Crippen molar-refractivity contribution in [1.29, 1.82) is 5.41 Å². The van der Waals surface area contributed by atoms with Crippen LogP contribution in [0.15, 0.2) is 62.2 Å². The Labute approximate surface area is 563 Å². The number of rotatable bonds is 11. The minimum atomic E-state index is -3.61. The molecule has 3 aromatic carbocycles. The first-order valence-corrected chi connectivity index (χ1v) is 31.6. The van der Waals surface area contributed by atoms with Gasteiger partial charge >= 0.3 is 0 Å². The molecule has 5 aliphatic rings. The molecular weight excluding hydrogens is 1360 g/mol. The van der Waals surface area contributed by atoms with E-state index in [9.17, 15) is 8.42 Å². The molecule has 0 bridgehead atoms. The highest BCUT2D eigenvalue weighted by Crippen LogP contribution is 2.37. The monoisotopic (exact) mass is 1450 g/mol. The second-order valence-electron chi connectivity index (χ2n) is 21.5. The van der Waals surface area contributed by atoms with Crippen molar-refractivity contribution in [3.63, 3.8) is 0 Å². The molecule has 0 aromatic heterocycles. The van der Waals surface area contributed by atoms with E-state index < -0.39 is 15.4 Å². The van der Waals surface area contributed by atoms with Crippen LogP contribution in [0.5, 0.6) is 17.2 Å². The first-order chi connectivity index (χ1) is 37.5. The molecule has 0 fully saturated rings. The lowest BCUT2D eigenvalue weighted by Crippen LogP contribution is -2.23. The Hall–Kier alpha value is -3.25. The lowest BCUT2D eigenvalue weighted by Gasteiger charge is -2.13. The number of oxime groups is 5. The molecule has 3 N–H and O–H groups in total. The highest BCUT2D eigenvalue weighted by atomic mass is 79.9. The summed E-state index contributed by atoms with van der Waals surface area (Å²) in [5.41, 5.74) is 7.59. The quantitative estimate of drug-likeness (QED) is 0.135. The molecule has 5 heterocycles. The first-order valence-electron chi connectivity index (χ1n) is 25.9. The van der Waals surface area contributed by atoms with Gasteiger partial charge in [0.1, 0.15) is 55.3 Å². The summed E-state index contributed by atoms with van der Waals surface area (Å²) in [5.74, 6) is 2.14. The maximum absolute atomic E-state index is 12.4. The fourth-order valence-electron chi connectivity index (χ4n) is 7.04. The van der Waals surface area contributed by atoms with Crippen LogP contribution in [0, 0.1) is 5.41 Å². The molecule has 27 heteroatoms. The van der Waals surface area contributed by atoms with Gasteiger partial charge in [-0.3, -0.25) is 5.41 Å². The Balaban J connectivity index is -0.000000991. The second-order valence-corrected chi connectivity index (χ2v) is 28.1. The van der Waals surface area contributed by atoms with Gasteiger partial charge in [0.2, 0.25) is 0 Å². The standard InChI is InChI=1S/C14H17Cl2NO4S.C14H17Cl2NO2S.C10H12Cl2O.C6H11N3OS.C6H11NO.C5H9NO.4CH4.BrH/c1-4-20-12-6-10(15)9(5-11(12)16)8-22(18,19)13-7-14(2,3)21-17-13;1-4-18-12-6-10(15)9(5-11(12)16)8-20-13-7-14(2,3)19-17-13;1-3-7-5-9(12)10(13-4-2)6-8(7)11;1-6(2)3-4(9-10-6)11-5(7)8;1-5-4-6(2,3)8-7-5;1-5(2)3-4-6-7-5;;;;;/h5-6H,4,7-8H2,1-3H3;5-6H,4,7-8H2,1-3H3;5-6H,3-4H2,1-2H3;3H2,1-2H3,(H3,7,8);4H2,1-3H3;4H,3H2,1-2H3;4*1H4;1H. The number of nitrogens with zero attached hydrogens (tertiary/aromatic N) is 5. The van der Waals surface area contributed by atoms with Crippen molar-refractivity contribution in [1.82, 2.24) is 0 Å². The Kier molecular flexibility index (Phi) is 39.5. The molecule has 5 aliphatic heterocycles. The first kappa shape index (κ1) is 87.0. The molecule has 0 unspecified atom stereocenters. The predicted octanol–water partition coefficient (Wildman–Crippen LogP) is 19.9. The number of benzene rings is 3. The van der Waals surface area contributed by atoms with E-state index in [1.54, 1.807) is 44.0 Å². The van der Waals surface area contributed by atoms with Crippen LogP contribution in [-0.2, 0) is 52.0 Å². The fraction of sp³-hybridized carbons (Fsp3) is 0.593. The lowest BCUT2D eigenvalue weighted by atomic mass is 10.0. The molecule has 0 atom stereocenters. The van der Waals surface area contributed by atoms with Crippen molar-refractivity contribution in [3.8, 4) is 17.2 Å². The van der Waals surface area contributed by atoms with Crippen LogP contribution < -0.4 is 19.9 Å². The van der Waals surface area contributed by atoms with Crippen LogP contribution in [-0.4, -0.2) is 88.5 Å². The molecule has 0 saturated carbocycles. The van der Waals surface area contributed by atoms with E-state index >= 15 is 0 Å². The zero-order valence-corrected chi connectivity index (χ0v) is 57.8. The van der Waals surface area contributed by atoms with Gasteiger partial charge in [-0.25, -0.2) is 8.42 Å². The van der Waals surface area contributed by atoms with Gasteiger partial charge in [0, 0.05) is 77.3 Å². The van der Waals surface area contributed by atoms with Gasteiger partial charge in [-0.1, -0.05) is 132 Å². The molecule has 0 radical (unpaired) electrons. The third-order valence-electron chi connectivity index (χ3n) is 10.9. The van der Waals surface area contributed by atoms with Gasteiger partial charge in [-0.15, -0.1) is 28.7 Å². The summed E-state index contributed by atoms with van der Waals surface area (Å²) in [6.45, 7) is 30.9. The number of sulfone groups is 1. The number of hydrogen-bond acceptors (Lipinski definition) is 18. The molecule has 17 nitrogen and oxygen atoms in total. The number of ether oxygens (including phenoxy) is 3. The van der Waals surface area contributed by atoms with E-state index in [1.807, 2.05) is 102 Å². The maximum Gasteiger partial charge on any atom is 0.199 e. The Morgan fingerprint density at radius 2 is 0.953 bits per heavy atom. The van der Waals surface area contributed by atoms with Crippen LogP contribution in [0.3, 0.4) is 0 Å². The molecular formula is C59H94BrCl6N7O10S3. The maximum atomic E-state index is 12.4. The Bertz CT molecular complexity index is 2900. The van der Waals surface area contributed by atoms with Gasteiger partial charge < -0.3 is 44.1 Å². The van der Waals surface area contributed by atoms with Crippen LogP contribution in [0.1, 0.15) is 182 Å². The SMILES string of the molecule is Br.C.C.C.C.CC1(C)CC(SC(=N)N)=NO1.CC1(C)CC=NO1.CC1=NOC(C)(C)C1.CCOc1cc(Cl)c(CC)cc1Cl.CCOc1cc(Cl)c(CS(=O)(=O)C2=NOC(C)(C)C2)cc1Cl.CCOc1cc(Cl)c(CSC2=NOC(C)(C)C2)cc1Cl. The average molecular weight is 1450 g/mol. The van der Waals surface area contributed by atoms with Crippen molar-refractivity contribution in [2.24, 2.45) is 31.5 Å². The smallest absolute Gasteiger partial charge is 0.199 e. The summed E-state index contributed by atoms with van der Waals surface area (Å²) in [7, 11) is -3.61. The largest absolute Gasteiger partial charge is 0.492 e. The Morgan fingerprint density at radius 3 is 1.28 bits per heavy atom. The minimum Gasteiger partial charge on any atom is -0.492 e. The zero-order valence-electron chi connectivity index (χ0n) is 49.1. The molecule has 0 amide bonds. The van der Waals surface area contributed by atoms with Crippen LogP contribution in [0.2, 0.25) is 30.1 Å². The van der Waals surface area contributed by atoms with Gasteiger partial charge in [-0.2, -0.15) is 0 Å². The Morgan fingerprint density at radius 1 is 0.558 bits per heavy atom. The van der Waals surface area contributed by atoms with E-state index in [0.29, 0.717) is 68.5 Å². The van der Waals surface area contributed by atoms with E-state index in [1.165, 1.54) is 12.1 Å². The highest BCUT2D eigenvalue weighted by molar-refractivity contribution is 8.93. The van der Waals surface area contributed by atoms with Crippen molar-refractivity contribution in [3.05, 3.63) is 83.2 Å². The van der Waals surface area contributed by atoms with Gasteiger partial charge in [-0.05, 0) is 150 Å².